The molecule has 1 atom stereocenters. The van der Waals surface area contributed by atoms with Crippen LogP contribution in [0.15, 0.2) is 53.5 Å². The molecule has 33 heavy (non-hydrogen) atoms. The van der Waals surface area contributed by atoms with E-state index in [0.717, 1.165) is 48.7 Å². The second-order valence-corrected chi connectivity index (χ2v) is 10.0. The van der Waals surface area contributed by atoms with Crippen molar-refractivity contribution in [2.75, 3.05) is 29.0 Å². The maximum Gasteiger partial charge on any atom is 0.275 e. The highest BCUT2D eigenvalue weighted by atomic mass is 32.1. The summed E-state index contributed by atoms with van der Waals surface area (Å²) in [6.07, 6.45) is 5.77. The third kappa shape index (κ3) is 4.92. The number of hydrogen-bond donors (Lipinski definition) is 3. The average molecular weight is 480 g/mol. The molecule has 8 nitrogen and oxygen atoms in total. The Balaban J connectivity index is 1.32. The molecule has 0 bridgehead atoms. The lowest BCUT2D eigenvalue weighted by Gasteiger charge is -2.34. The molecule has 0 radical (unpaired) electrons. The van der Waals surface area contributed by atoms with E-state index in [1.54, 1.807) is 29.0 Å². The van der Waals surface area contributed by atoms with Gasteiger partial charge in [0.15, 0.2) is 0 Å². The minimum atomic E-state index is -0.267. The van der Waals surface area contributed by atoms with Crippen molar-refractivity contribution >= 4 is 45.6 Å². The molecule has 0 spiro atoms. The van der Waals surface area contributed by atoms with Gasteiger partial charge in [-0.1, -0.05) is 6.07 Å². The van der Waals surface area contributed by atoms with E-state index in [0.29, 0.717) is 17.1 Å². The number of piperidine rings is 1. The lowest BCUT2D eigenvalue weighted by molar-refractivity contribution is 0.102. The normalized spacial score (nSPS) is 16.2. The van der Waals surface area contributed by atoms with E-state index in [1.165, 1.54) is 16.2 Å². The van der Waals surface area contributed by atoms with Crippen LogP contribution in [-0.2, 0) is 6.54 Å². The molecule has 1 aliphatic rings. The van der Waals surface area contributed by atoms with E-state index in [4.69, 9.17) is 11.5 Å². The van der Waals surface area contributed by atoms with Crippen molar-refractivity contribution < 1.29 is 4.79 Å². The summed E-state index contributed by atoms with van der Waals surface area (Å²) in [6, 6.07) is 9.82. The number of nitrogens with zero attached hydrogens (tertiary/aromatic N) is 4. The van der Waals surface area contributed by atoms with Crippen molar-refractivity contribution in [3.05, 3.63) is 64.1 Å². The monoisotopic (exact) mass is 479 g/mol. The summed E-state index contributed by atoms with van der Waals surface area (Å²) in [7, 11) is 0. The Labute approximate surface area is 199 Å². The van der Waals surface area contributed by atoms with Gasteiger partial charge in [0.25, 0.3) is 5.91 Å². The van der Waals surface area contributed by atoms with Gasteiger partial charge in [0.05, 0.1) is 24.1 Å². The molecule has 1 amide bonds. The molecule has 0 aliphatic carbocycles. The van der Waals surface area contributed by atoms with Gasteiger partial charge in [-0.05, 0) is 42.5 Å². The number of rotatable bonds is 6. The van der Waals surface area contributed by atoms with Gasteiger partial charge in [0.1, 0.15) is 10.7 Å². The highest BCUT2D eigenvalue weighted by Gasteiger charge is 2.21. The molecule has 1 unspecified atom stereocenters. The van der Waals surface area contributed by atoms with Crippen molar-refractivity contribution in [2.45, 2.75) is 25.4 Å². The van der Waals surface area contributed by atoms with Crippen LogP contribution in [0.3, 0.4) is 0 Å². The second kappa shape index (κ2) is 9.34. The molecule has 0 saturated carbocycles. The number of nitrogen functional groups attached to an aromatic ring is 1. The number of benzene rings is 1. The summed E-state index contributed by atoms with van der Waals surface area (Å²) in [5.74, 6) is -0.267. The van der Waals surface area contributed by atoms with Crippen molar-refractivity contribution in [1.29, 1.82) is 0 Å². The zero-order chi connectivity index (χ0) is 22.8. The number of amides is 1. The molecule has 170 valence electrons. The second-order valence-electron chi connectivity index (χ2n) is 8.12. The minimum Gasteiger partial charge on any atom is -0.399 e. The van der Waals surface area contributed by atoms with Gasteiger partial charge in [0.2, 0.25) is 0 Å². The number of anilines is 3. The third-order valence-electron chi connectivity index (χ3n) is 5.58. The van der Waals surface area contributed by atoms with Crippen LogP contribution >= 0.6 is 22.7 Å². The van der Waals surface area contributed by atoms with Crippen LogP contribution in [0.5, 0.6) is 0 Å². The molecular formula is C23H25N7OS2. The van der Waals surface area contributed by atoms with E-state index in [-0.39, 0.29) is 11.9 Å². The number of nitrogens with two attached hydrogens (primary N) is 2. The number of carbonyl (C=O) groups excluding carboxylic acids is 1. The molecule has 1 fully saturated rings. The summed E-state index contributed by atoms with van der Waals surface area (Å²) in [4.78, 5) is 21.0. The topological polar surface area (TPSA) is 115 Å². The van der Waals surface area contributed by atoms with E-state index in [1.807, 2.05) is 29.1 Å². The van der Waals surface area contributed by atoms with Gasteiger partial charge in [-0.3, -0.25) is 9.48 Å². The Morgan fingerprint density at radius 1 is 1.27 bits per heavy atom. The fourth-order valence-corrected chi connectivity index (χ4v) is 5.45. The number of thiazole rings is 1. The van der Waals surface area contributed by atoms with Gasteiger partial charge in [-0.2, -0.15) is 5.10 Å². The molecule has 10 heteroatoms. The van der Waals surface area contributed by atoms with E-state index >= 15 is 0 Å². The Hall–Kier alpha value is -3.21. The van der Waals surface area contributed by atoms with E-state index < -0.39 is 0 Å². The molecule has 5 rings (SSSR count). The number of thiophene rings is 1. The molecular weight excluding hydrogens is 454 g/mol. The minimum absolute atomic E-state index is 0.127. The van der Waals surface area contributed by atoms with Gasteiger partial charge in [0, 0.05) is 46.8 Å². The van der Waals surface area contributed by atoms with Gasteiger partial charge >= 0.3 is 0 Å². The van der Waals surface area contributed by atoms with Crippen molar-refractivity contribution in [1.82, 2.24) is 14.8 Å². The lowest BCUT2D eigenvalue weighted by Crippen LogP contribution is -2.43. The smallest absolute Gasteiger partial charge is 0.275 e. The third-order valence-corrected chi connectivity index (χ3v) is 7.33. The summed E-state index contributed by atoms with van der Waals surface area (Å²) in [5.41, 5.74) is 15.6. The Morgan fingerprint density at radius 3 is 3.00 bits per heavy atom. The molecule has 1 aromatic carbocycles. The first-order valence-corrected chi connectivity index (χ1v) is 12.5. The van der Waals surface area contributed by atoms with Crippen LogP contribution in [0.1, 0.15) is 28.2 Å². The maximum absolute atomic E-state index is 13.0. The Bertz CT molecular complexity index is 1250. The SMILES string of the molecule is Nc1ccc(N2CCCC(N)C2)c(NC(=O)c2csc(-c3cnn(Cc4cccs4)c3)n2)c1. The van der Waals surface area contributed by atoms with Crippen LogP contribution in [0.2, 0.25) is 0 Å². The molecule has 1 aliphatic heterocycles. The largest absolute Gasteiger partial charge is 0.399 e. The average Bonchev–Trinajstić information content (AvgIpc) is 3.56. The fraction of sp³-hybridized carbons (Fsp3) is 0.261. The summed E-state index contributed by atoms with van der Waals surface area (Å²) in [5, 5.41) is 12.0. The van der Waals surface area contributed by atoms with Gasteiger partial charge < -0.3 is 21.7 Å². The maximum atomic E-state index is 13.0. The van der Waals surface area contributed by atoms with Crippen LogP contribution < -0.4 is 21.7 Å². The van der Waals surface area contributed by atoms with Crippen molar-refractivity contribution in [3.63, 3.8) is 0 Å². The summed E-state index contributed by atoms with van der Waals surface area (Å²) in [6.45, 7) is 2.37. The van der Waals surface area contributed by atoms with Crippen molar-refractivity contribution in [3.8, 4) is 10.6 Å². The first-order chi connectivity index (χ1) is 16.0. The van der Waals surface area contributed by atoms with Crippen LogP contribution in [0.25, 0.3) is 10.6 Å². The first-order valence-electron chi connectivity index (χ1n) is 10.8. The quantitative estimate of drug-likeness (QED) is 0.362. The Kier molecular flexibility index (Phi) is 6.12. The highest BCUT2D eigenvalue weighted by molar-refractivity contribution is 7.13. The van der Waals surface area contributed by atoms with Crippen LogP contribution in [0.4, 0.5) is 17.1 Å². The number of nitrogens with one attached hydrogen (secondary N) is 1. The highest BCUT2D eigenvalue weighted by Crippen LogP contribution is 2.31. The molecule has 1 saturated heterocycles. The predicted molar refractivity (Wildman–Crippen MR) is 135 cm³/mol. The number of hydrogen-bond acceptors (Lipinski definition) is 8. The van der Waals surface area contributed by atoms with Crippen LogP contribution in [0, 0.1) is 0 Å². The standard InChI is InChI=1S/C23H25N7OS2/c24-16-5-6-21(29-7-1-3-17(25)12-29)19(9-16)27-22(31)20-14-33-23(28-20)15-10-26-30(11-15)13-18-4-2-8-32-18/h2,4-6,8-11,14,17H,1,3,7,12-13,24-25H2,(H,27,31). The number of carbonyl (C=O) groups is 1. The predicted octanol–water partition coefficient (Wildman–Crippen LogP) is 3.88. The molecule has 4 aromatic rings. The van der Waals surface area contributed by atoms with Gasteiger partial charge in [-0.25, -0.2) is 4.98 Å². The van der Waals surface area contributed by atoms with Crippen LogP contribution in [-0.4, -0.2) is 39.8 Å². The van der Waals surface area contributed by atoms with Crippen molar-refractivity contribution in [2.24, 2.45) is 5.73 Å². The first kappa shape index (κ1) is 21.6. The zero-order valence-corrected chi connectivity index (χ0v) is 19.6. The fourth-order valence-electron chi connectivity index (χ4n) is 3.98. The summed E-state index contributed by atoms with van der Waals surface area (Å²) >= 11 is 3.12. The Morgan fingerprint density at radius 2 is 2.18 bits per heavy atom. The van der Waals surface area contributed by atoms with E-state index in [2.05, 4.69) is 31.7 Å². The molecule has 4 heterocycles. The lowest BCUT2D eigenvalue weighted by atomic mass is 10.1. The zero-order valence-electron chi connectivity index (χ0n) is 18.0. The summed E-state index contributed by atoms with van der Waals surface area (Å²) < 4.78 is 1.88. The van der Waals surface area contributed by atoms with E-state index in [9.17, 15) is 4.79 Å². The molecule has 3 aromatic heterocycles. The number of aromatic nitrogens is 3. The van der Waals surface area contributed by atoms with Gasteiger partial charge in [-0.15, -0.1) is 22.7 Å². The molecule has 5 N–H and O–H groups in total.